The van der Waals surface area contributed by atoms with Gasteiger partial charge in [0.2, 0.25) is 0 Å². The third-order valence-corrected chi connectivity index (χ3v) is 2.88. The molecule has 1 saturated heterocycles. The van der Waals surface area contributed by atoms with Crippen molar-refractivity contribution in [2.24, 2.45) is 11.1 Å². The quantitative estimate of drug-likeness (QED) is 0.646. The molecule has 1 rings (SSSR count). The van der Waals surface area contributed by atoms with Gasteiger partial charge in [-0.1, -0.05) is 20.8 Å². The fourth-order valence-corrected chi connectivity index (χ4v) is 2.15. The number of rotatable bonds is 0. The lowest BCUT2D eigenvalue weighted by Gasteiger charge is -2.45. The number of nitrogens with two attached hydrogens (primary N) is 1. The monoisotopic (exact) mass is 218 g/mol. The number of likely N-dealkylation sites (tertiary alicyclic amines) is 1. The zero-order chi connectivity index (χ0) is 11.8. The minimum absolute atomic E-state index is 0.318. The summed E-state index contributed by atoms with van der Waals surface area (Å²) >= 11 is 0. The lowest BCUT2D eigenvalue weighted by Crippen LogP contribution is -2.61. The average Bonchev–Trinajstić information content (AvgIpc) is 2.06. The molecule has 1 fully saturated rings. The fourth-order valence-electron chi connectivity index (χ4n) is 2.15. The molecule has 15 heavy (non-hydrogen) atoms. The van der Waals surface area contributed by atoms with Crippen molar-refractivity contribution < 1.29 is 14.3 Å². The molecule has 3 N–H and O–H groups in total. The third-order valence-electron chi connectivity index (χ3n) is 2.88. The van der Waals surface area contributed by atoms with Crippen molar-refractivity contribution in [2.45, 2.75) is 45.4 Å². The van der Waals surface area contributed by atoms with E-state index in [9.17, 15) is 9.18 Å². The Kier molecular flexibility index (Phi) is 3.23. The predicted molar refractivity (Wildman–Crippen MR) is 55.5 cm³/mol. The fraction of sp³-hybridized carbons (Fsp3) is 0.900. The number of carboxylic acid groups (broad SMARTS) is 1. The largest absolute Gasteiger partial charge is 0.465 e. The number of hydrogen-bond acceptors (Lipinski definition) is 2. The molecule has 1 heterocycles. The van der Waals surface area contributed by atoms with E-state index in [4.69, 9.17) is 10.8 Å². The van der Waals surface area contributed by atoms with Crippen molar-refractivity contribution in [1.82, 2.24) is 4.90 Å². The molecular formula is C10H19FN2O2. The Morgan fingerprint density at radius 1 is 1.53 bits per heavy atom. The van der Waals surface area contributed by atoms with Crippen LogP contribution in [0.15, 0.2) is 0 Å². The molecule has 3 atom stereocenters. The van der Waals surface area contributed by atoms with E-state index in [0.717, 1.165) is 0 Å². The topological polar surface area (TPSA) is 66.6 Å². The minimum atomic E-state index is -1.28. The number of piperidine rings is 1. The molecule has 5 heteroatoms. The second-order valence-corrected chi connectivity index (χ2v) is 5.18. The van der Waals surface area contributed by atoms with Crippen LogP contribution in [0, 0.1) is 5.41 Å². The Labute approximate surface area is 89.2 Å². The summed E-state index contributed by atoms with van der Waals surface area (Å²) in [6.07, 6.45) is -1.96. The van der Waals surface area contributed by atoms with Crippen LogP contribution >= 0.6 is 0 Å². The van der Waals surface area contributed by atoms with Gasteiger partial charge < -0.3 is 15.7 Å². The number of halogens is 1. The van der Waals surface area contributed by atoms with Gasteiger partial charge in [-0.05, 0) is 11.8 Å². The number of alkyl halides is 1. The van der Waals surface area contributed by atoms with Gasteiger partial charge >= 0.3 is 6.09 Å². The normalized spacial score (nSPS) is 32.9. The van der Waals surface area contributed by atoms with Gasteiger partial charge in [-0.25, -0.2) is 9.18 Å². The molecule has 4 nitrogen and oxygen atoms in total. The van der Waals surface area contributed by atoms with E-state index < -0.39 is 29.8 Å². The van der Waals surface area contributed by atoms with Gasteiger partial charge in [0.25, 0.3) is 0 Å². The highest BCUT2D eigenvalue weighted by Gasteiger charge is 2.45. The summed E-state index contributed by atoms with van der Waals surface area (Å²) in [6.45, 7) is 5.81. The lowest BCUT2D eigenvalue weighted by atomic mass is 9.78. The Bertz CT molecular complexity index is 252. The maximum absolute atomic E-state index is 13.9. The SMILES string of the molecule is CC(C)(C)C1C(F)C(N)CCN1C(=O)O. The number of nitrogens with zero attached hydrogens (tertiary/aromatic N) is 1. The molecule has 0 aromatic rings. The van der Waals surface area contributed by atoms with Crippen LogP contribution in [-0.2, 0) is 0 Å². The van der Waals surface area contributed by atoms with E-state index >= 15 is 0 Å². The molecule has 1 aliphatic rings. The molecule has 0 aliphatic carbocycles. The smallest absolute Gasteiger partial charge is 0.407 e. The zero-order valence-corrected chi connectivity index (χ0v) is 9.40. The standard InChI is InChI=1S/C10H19FN2O2/c1-10(2,3)8-7(11)6(12)4-5-13(8)9(14)15/h6-8H,4-5,12H2,1-3H3,(H,14,15). The van der Waals surface area contributed by atoms with Crippen molar-refractivity contribution in [2.75, 3.05) is 6.54 Å². The Morgan fingerprint density at radius 3 is 2.47 bits per heavy atom. The Hall–Kier alpha value is -0.840. The van der Waals surface area contributed by atoms with Crippen molar-refractivity contribution in [3.8, 4) is 0 Å². The molecule has 0 aromatic heterocycles. The average molecular weight is 218 g/mol. The molecule has 0 saturated carbocycles. The second-order valence-electron chi connectivity index (χ2n) is 5.18. The minimum Gasteiger partial charge on any atom is -0.465 e. The molecule has 0 bridgehead atoms. The second kappa shape index (κ2) is 3.96. The van der Waals surface area contributed by atoms with E-state index in [1.807, 2.05) is 20.8 Å². The predicted octanol–water partition coefficient (Wildman–Crippen LogP) is 1.45. The summed E-state index contributed by atoms with van der Waals surface area (Å²) in [4.78, 5) is 12.2. The first kappa shape index (κ1) is 12.2. The van der Waals surface area contributed by atoms with E-state index in [1.165, 1.54) is 4.90 Å². The van der Waals surface area contributed by atoms with Gasteiger partial charge in [-0.3, -0.25) is 0 Å². The van der Waals surface area contributed by atoms with Crippen LogP contribution in [0.1, 0.15) is 27.2 Å². The summed E-state index contributed by atoms with van der Waals surface area (Å²) in [5.74, 6) is 0. The van der Waals surface area contributed by atoms with Crippen LogP contribution in [0.4, 0.5) is 9.18 Å². The van der Waals surface area contributed by atoms with Crippen LogP contribution in [0.25, 0.3) is 0 Å². The van der Waals surface area contributed by atoms with E-state index in [0.29, 0.717) is 13.0 Å². The van der Waals surface area contributed by atoms with Gasteiger partial charge in [0, 0.05) is 12.6 Å². The van der Waals surface area contributed by atoms with Crippen LogP contribution in [0.5, 0.6) is 0 Å². The summed E-state index contributed by atoms with van der Waals surface area (Å²) in [5, 5.41) is 8.99. The molecule has 88 valence electrons. The number of amides is 1. The van der Waals surface area contributed by atoms with Crippen molar-refractivity contribution in [3.05, 3.63) is 0 Å². The van der Waals surface area contributed by atoms with Crippen molar-refractivity contribution in [1.29, 1.82) is 0 Å². The van der Waals surface area contributed by atoms with Crippen LogP contribution in [0.2, 0.25) is 0 Å². The van der Waals surface area contributed by atoms with Gasteiger partial charge in [0.05, 0.1) is 6.04 Å². The Balaban J connectivity index is 2.95. The summed E-state index contributed by atoms with van der Waals surface area (Å²) in [6, 6.07) is -1.21. The number of carbonyl (C=O) groups is 1. The van der Waals surface area contributed by atoms with Crippen molar-refractivity contribution >= 4 is 6.09 Å². The van der Waals surface area contributed by atoms with Crippen LogP contribution in [-0.4, -0.2) is 40.9 Å². The molecule has 1 aliphatic heterocycles. The van der Waals surface area contributed by atoms with Gasteiger partial charge in [0.15, 0.2) is 0 Å². The van der Waals surface area contributed by atoms with Gasteiger partial charge in [-0.2, -0.15) is 0 Å². The lowest BCUT2D eigenvalue weighted by molar-refractivity contribution is -0.00193. The molecule has 0 radical (unpaired) electrons. The summed E-state index contributed by atoms with van der Waals surface area (Å²) in [7, 11) is 0. The highest BCUT2D eigenvalue weighted by Crippen LogP contribution is 2.33. The van der Waals surface area contributed by atoms with E-state index in [-0.39, 0.29) is 0 Å². The van der Waals surface area contributed by atoms with E-state index in [1.54, 1.807) is 0 Å². The molecule has 0 spiro atoms. The molecule has 3 unspecified atom stereocenters. The molecule has 1 amide bonds. The van der Waals surface area contributed by atoms with Crippen molar-refractivity contribution in [3.63, 3.8) is 0 Å². The highest BCUT2D eigenvalue weighted by molar-refractivity contribution is 5.66. The van der Waals surface area contributed by atoms with Gasteiger partial charge in [0.1, 0.15) is 6.17 Å². The Morgan fingerprint density at radius 2 is 2.07 bits per heavy atom. The van der Waals surface area contributed by atoms with Crippen LogP contribution < -0.4 is 5.73 Å². The zero-order valence-electron chi connectivity index (χ0n) is 9.40. The molecular weight excluding hydrogens is 199 g/mol. The maximum atomic E-state index is 13.9. The first-order valence-electron chi connectivity index (χ1n) is 5.14. The maximum Gasteiger partial charge on any atom is 0.407 e. The highest BCUT2D eigenvalue weighted by atomic mass is 19.1. The number of hydrogen-bond donors (Lipinski definition) is 2. The van der Waals surface area contributed by atoms with E-state index in [2.05, 4.69) is 0 Å². The van der Waals surface area contributed by atoms with Crippen LogP contribution in [0.3, 0.4) is 0 Å². The first-order valence-corrected chi connectivity index (χ1v) is 5.14. The third kappa shape index (κ3) is 2.40. The summed E-state index contributed by atoms with van der Waals surface area (Å²) < 4.78 is 13.9. The summed E-state index contributed by atoms with van der Waals surface area (Å²) in [5.41, 5.74) is 5.20. The first-order chi connectivity index (χ1) is 6.75. The molecule has 0 aromatic carbocycles. The van der Waals surface area contributed by atoms with Gasteiger partial charge in [-0.15, -0.1) is 0 Å².